The second-order valence-corrected chi connectivity index (χ2v) is 6.59. The van der Waals surface area contributed by atoms with E-state index in [0.29, 0.717) is 12.1 Å². The van der Waals surface area contributed by atoms with Gasteiger partial charge in [0.2, 0.25) is 0 Å². The summed E-state index contributed by atoms with van der Waals surface area (Å²) in [6.45, 7) is 6.34. The van der Waals surface area contributed by atoms with Crippen LogP contribution < -0.4 is 5.32 Å². The van der Waals surface area contributed by atoms with Gasteiger partial charge in [-0.25, -0.2) is 0 Å². The Balaban J connectivity index is 1.64. The first kappa shape index (κ1) is 15.3. The minimum Gasteiger partial charge on any atom is -0.374 e. The van der Waals surface area contributed by atoms with Gasteiger partial charge in [0.25, 0.3) is 0 Å². The Morgan fingerprint density at radius 2 is 2.19 bits per heavy atom. The summed E-state index contributed by atoms with van der Waals surface area (Å²) < 4.78 is 6.17. The standard InChI is InChI=1S/C17H25ClN2O/c1-2-19-16(10-13-5-7-14(18)8-6-13)17-11-20-9-3-4-15(20)12-21-17/h5-8,15-17,19H,2-4,9-12H2,1H3. The molecule has 3 atom stereocenters. The number of rotatable bonds is 5. The van der Waals surface area contributed by atoms with E-state index in [9.17, 15) is 0 Å². The highest BCUT2D eigenvalue weighted by atomic mass is 35.5. The molecule has 3 unspecified atom stereocenters. The number of hydrogen-bond acceptors (Lipinski definition) is 3. The Morgan fingerprint density at radius 1 is 1.38 bits per heavy atom. The molecule has 2 aliphatic rings. The molecule has 0 saturated carbocycles. The lowest BCUT2D eigenvalue weighted by molar-refractivity contribution is -0.0641. The number of likely N-dealkylation sites (N-methyl/N-ethyl adjacent to an activating group) is 1. The molecule has 0 aliphatic carbocycles. The maximum atomic E-state index is 6.17. The Morgan fingerprint density at radius 3 is 2.95 bits per heavy atom. The van der Waals surface area contributed by atoms with Crippen LogP contribution >= 0.6 is 11.6 Å². The molecule has 116 valence electrons. The summed E-state index contributed by atoms with van der Waals surface area (Å²) >= 11 is 5.97. The number of morpholine rings is 1. The summed E-state index contributed by atoms with van der Waals surface area (Å²) in [7, 11) is 0. The molecule has 0 amide bonds. The highest BCUT2D eigenvalue weighted by molar-refractivity contribution is 6.30. The van der Waals surface area contributed by atoms with E-state index in [2.05, 4.69) is 29.3 Å². The molecule has 1 aromatic carbocycles. The van der Waals surface area contributed by atoms with Crippen molar-refractivity contribution in [3.8, 4) is 0 Å². The summed E-state index contributed by atoms with van der Waals surface area (Å²) in [4.78, 5) is 2.61. The average Bonchev–Trinajstić information content (AvgIpc) is 2.96. The number of nitrogens with zero attached hydrogens (tertiary/aromatic N) is 1. The van der Waals surface area contributed by atoms with Gasteiger partial charge in [0, 0.05) is 23.7 Å². The highest BCUT2D eigenvalue weighted by Gasteiger charge is 2.35. The van der Waals surface area contributed by atoms with Crippen LogP contribution in [0.4, 0.5) is 0 Å². The topological polar surface area (TPSA) is 24.5 Å². The van der Waals surface area contributed by atoms with E-state index >= 15 is 0 Å². The molecule has 4 heteroatoms. The number of halogens is 1. The SMILES string of the molecule is CCNC(Cc1ccc(Cl)cc1)C1CN2CCCC2CO1. The zero-order chi connectivity index (χ0) is 14.7. The summed E-state index contributed by atoms with van der Waals surface area (Å²) in [5.74, 6) is 0. The predicted octanol–water partition coefficient (Wildman–Crippen LogP) is 2.72. The van der Waals surface area contributed by atoms with E-state index in [1.165, 1.54) is 24.9 Å². The van der Waals surface area contributed by atoms with E-state index in [1.54, 1.807) is 0 Å². The lowest BCUT2D eigenvalue weighted by Crippen LogP contribution is -2.54. The zero-order valence-corrected chi connectivity index (χ0v) is 13.5. The third-order valence-electron chi connectivity index (χ3n) is 4.70. The molecule has 0 radical (unpaired) electrons. The van der Waals surface area contributed by atoms with Crippen LogP contribution in [0, 0.1) is 0 Å². The van der Waals surface area contributed by atoms with Crippen molar-refractivity contribution >= 4 is 11.6 Å². The highest BCUT2D eigenvalue weighted by Crippen LogP contribution is 2.24. The van der Waals surface area contributed by atoms with Crippen LogP contribution in [0.1, 0.15) is 25.3 Å². The molecule has 21 heavy (non-hydrogen) atoms. The molecule has 3 nitrogen and oxygen atoms in total. The van der Waals surface area contributed by atoms with Gasteiger partial charge >= 0.3 is 0 Å². The summed E-state index contributed by atoms with van der Waals surface area (Å²) in [6.07, 6.45) is 3.91. The molecule has 3 rings (SSSR count). The Hall–Kier alpha value is -0.610. The van der Waals surface area contributed by atoms with Gasteiger partial charge in [-0.05, 0) is 50.0 Å². The molecule has 0 spiro atoms. The first-order chi connectivity index (χ1) is 10.3. The van der Waals surface area contributed by atoms with Crippen LogP contribution in [0.3, 0.4) is 0 Å². The quantitative estimate of drug-likeness (QED) is 0.905. The number of hydrogen-bond donors (Lipinski definition) is 1. The number of benzene rings is 1. The van der Waals surface area contributed by atoms with Gasteiger partial charge in [-0.15, -0.1) is 0 Å². The van der Waals surface area contributed by atoms with Crippen LogP contribution in [0.2, 0.25) is 5.02 Å². The molecular weight excluding hydrogens is 284 g/mol. The van der Waals surface area contributed by atoms with Crippen LogP contribution in [-0.4, -0.2) is 49.3 Å². The van der Waals surface area contributed by atoms with Crippen LogP contribution in [0.25, 0.3) is 0 Å². The van der Waals surface area contributed by atoms with Crippen LogP contribution in [0.15, 0.2) is 24.3 Å². The van der Waals surface area contributed by atoms with Crippen molar-refractivity contribution in [1.29, 1.82) is 0 Å². The van der Waals surface area contributed by atoms with Crippen molar-refractivity contribution in [2.75, 3.05) is 26.2 Å². The lowest BCUT2D eigenvalue weighted by Gasteiger charge is -2.39. The fourth-order valence-corrected chi connectivity index (χ4v) is 3.68. The first-order valence-corrected chi connectivity index (χ1v) is 8.47. The molecular formula is C17H25ClN2O. The zero-order valence-electron chi connectivity index (χ0n) is 12.7. The van der Waals surface area contributed by atoms with Crippen molar-refractivity contribution in [3.05, 3.63) is 34.9 Å². The lowest BCUT2D eigenvalue weighted by atomic mass is 9.99. The molecule has 1 N–H and O–H groups in total. The number of nitrogens with one attached hydrogen (secondary N) is 1. The van der Waals surface area contributed by atoms with Crippen molar-refractivity contribution in [2.24, 2.45) is 0 Å². The fourth-order valence-electron chi connectivity index (χ4n) is 3.56. The molecule has 2 aliphatic heterocycles. The molecule has 0 bridgehead atoms. The average molecular weight is 309 g/mol. The number of fused-ring (bicyclic) bond motifs is 1. The minimum atomic E-state index is 0.287. The van der Waals surface area contributed by atoms with E-state index in [1.807, 2.05) is 12.1 Å². The monoisotopic (exact) mass is 308 g/mol. The van der Waals surface area contributed by atoms with Gasteiger partial charge < -0.3 is 10.1 Å². The third-order valence-corrected chi connectivity index (χ3v) is 4.95. The van der Waals surface area contributed by atoms with Gasteiger partial charge in [0.05, 0.1) is 12.7 Å². The summed E-state index contributed by atoms with van der Waals surface area (Å²) in [6, 6.07) is 9.22. The van der Waals surface area contributed by atoms with E-state index < -0.39 is 0 Å². The second-order valence-electron chi connectivity index (χ2n) is 6.16. The van der Waals surface area contributed by atoms with Crippen molar-refractivity contribution in [3.63, 3.8) is 0 Å². The fraction of sp³-hybridized carbons (Fsp3) is 0.647. The molecule has 2 heterocycles. The summed E-state index contributed by atoms with van der Waals surface area (Å²) in [5.41, 5.74) is 1.32. The molecule has 2 fully saturated rings. The predicted molar refractivity (Wildman–Crippen MR) is 87.0 cm³/mol. The maximum Gasteiger partial charge on any atom is 0.0858 e. The first-order valence-electron chi connectivity index (χ1n) is 8.09. The Labute approximate surface area is 132 Å². The van der Waals surface area contributed by atoms with E-state index in [-0.39, 0.29) is 6.10 Å². The van der Waals surface area contributed by atoms with Gasteiger partial charge in [-0.3, -0.25) is 4.90 Å². The normalized spacial score (nSPS) is 27.5. The van der Waals surface area contributed by atoms with Gasteiger partial charge in [-0.1, -0.05) is 30.7 Å². The van der Waals surface area contributed by atoms with Gasteiger partial charge in [0.1, 0.15) is 0 Å². The van der Waals surface area contributed by atoms with Gasteiger partial charge in [0.15, 0.2) is 0 Å². The van der Waals surface area contributed by atoms with Crippen LogP contribution in [0.5, 0.6) is 0 Å². The van der Waals surface area contributed by atoms with Crippen LogP contribution in [-0.2, 0) is 11.2 Å². The van der Waals surface area contributed by atoms with Crippen molar-refractivity contribution in [1.82, 2.24) is 10.2 Å². The maximum absolute atomic E-state index is 6.17. The minimum absolute atomic E-state index is 0.287. The molecule has 2 saturated heterocycles. The molecule has 0 aromatic heterocycles. The Bertz CT molecular complexity index is 451. The van der Waals surface area contributed by atoms with Crippen molar-refractivity contribution in [2.45, 2.75) is 44.4 Å². The van der Waals surface area contributed by atoms with Crippen molar-refractivity contribution < 1.29 is 4.74 Å². The Kier molecular flexibility index (Phi) is 5.17. The largest absolute Gasteiger partial charge is 0.374 e. The number of ether oxygens (including phenoxy) is 1. The second kappa shape index (κ2) is 7.10. The van der Waals surface area contributed by atoms with E-state index in [4.69, 9.17) is 16.3 Å². The molecule has 1 aromatic rings. The van der Waals surface area contributed by atoms with Gasteiger partial charge in [-0.2, -0.15) is 0 Å². The summed E-state index contributed by atoms with van der Waals surface area (Å²) in [5, 5.41) is 4.41. The third kappa shape index (κ3) is 3.78. The smallest absolute Gasteiger partial charge is 0.0858 e. The van der Waals surface area contributed by atoms with E-state index in [0.717, 1.165) is 31.1 Å².